The Kier molecular flexibility index (Phi) is 6.19. The minimum atomic E-state index is -3.24. The molecule has 0 aliphatic carbocycles. The average Bonchev–Trinajstić information content (AvgIpc) is 2.13. The summed E-state index contributed by atoms with van der Waals surface area (Å²) in [5.74, 6) is -0.535. The lowest BCUT2D eigenvalue weighted by Crippen LogP contribution is -2.04. The van der Waals surface area contributed by atoms with Crippen molar-refractivity contribution >= 4 is 15.8 Å². The fraction of sp³-hybridized carbons (Fsp3) is 0.667. The van der Waals surface area contributed by atoms with Crippen molar-refractivity contribution in [1.82, 2.24) is 0 Å². The van der Waals surface area contributed by atoms with Crippen molar-refractivity contribution in [3.63, 3.8) is 0 Å². The van der Waals surface area contributed by atoms with Crippen molar-refractivity contribution in [3.8, 4) is 0 Å². The maximum absolute atomic E-state index is 11.2. The average molecular weight is 220 g/mol. The Morgan fingerprint density at radius 3 is 2.50 bits per heavy atom. The Morgan fingerprint density at radius 1 is 1.36 bits per heavy atom. The fourth-order valence-electron chi connectivity index (χ4n) is 0.763. The van der Waals surface area contributed by atoms with Gasteiger partial charge in [0.2, 0.25) is 0 Å². The summed E-state index contributed by atoms with van der Waals surface area (Å²) in [5, 5.41) is 0.917. The molecule has 0 radical (unpaired) electrons. The van der Waals surface area contributed by atoms with E-state index in [4.69, 9.17) is 0 Å². The number of hydrogen-bond donors (Lipinski definition) is 0. The van der Waals surface area contributed by atoms with Crippen LogP contribution in [0.2, 0.25) is 0 Å². The van der Waals surface area contributed by atoms with Gasteiger partial charge in [0, 0.05) is 11.5 Å². The van der Waals surface area contributed by atoms with Gasteiger partial charge >= 0.3 is 5.97 Å². The number of carbonyl (C=O) groups is 1. The largest absolute Gasteiger partial charge is 0.463 e. The number of hydrogen-bond acceptors (Lipinski definition) is 4. The van der Waals surface area contributed by atoms with Crippen LogP contribution in [0.5, 0.6) is 0 Å². The van der Waals surface area contributed by atoms with Crippen LogP contribution in [0.25, 0.3) is 0 Å². The zero-order valence-corrected chi connectivity index (χ0v) is 9.34. The van der Waals surface area contributed by atoms with Gasteiger partial charge in [-0.15, -0.1) is 0 Å². The van der Waals surface area contributed by atoms with Crippen molar-refractivity contribution < 1.29 is 17.9 Å². The van der Waals surface area contributed by atoms with E-state index in [9.17, 15) is 13.2 Å². The van der Waals surface area contributed by atoms with Crippen LogP contribution in [0.1, 0.15) is 26.7 Å². The molecule has 0 heterocycles. The Balaban J connectivity index is 4.14. The molecule has 0 aromatic heterocycles. The van der Waals surface area contributed by atoms with Crippen LogP contribution in [0.3, 0.4) is 0 Å². The lowest BCUT2D eigenvalue weighted by Gasteiger charge is -1.97. The summed E-state index contributed by atoms with van der Waals surface area (Å²) in [4.78, 5) is 10.8. The summed E-state index contributed by atoms with van der Waals surface area (Å²) in [6.45, 7) is 3.82. The molecule has 0 unspecified atom stereocenters. The van der Waals surface area contributed by atoms with E-state index in [-0.39, 0.29) is 12.4 Å². The van der Waals surface area contributed by atoms with Gasteiger partial charge in [-0.3, -0.25) is 0 Å². The standard InChI is InChI=1S/C9H16O4S/c1-3-5-7-14(11,12)8-6-9(10)13-4-2/h6,8H,3-5,7H2,1-2H3/b8-6-. The van der Waals surface area contributed by atoms with Crippen molar-refractivity contribution in [2.45, 2.75) is 26.7 Å². The second kappa shape index (κ2) is 6.59. The van der Waals surface area contributed by atoms with E-state index in [1.807, 2.05) is 6.92 Å². The van der Waals surface area contributed by atoms with E-state index in [0.717, 1.165) is 17.9 Å². The molecule has 5 heteroatoms. The van der Waals surface area contributed by atoms with Crippen LogP contribution in [0, 0.1) is 0 Å². The third-order valence-electron chi connectivity index (χ3n) is 1.48. The number of unbranched alkanes of at least 4 members (excludes halogenated alkanes) is 1. The summed E-state index contributed by atoms with van der Waals surface area (Å²) < 4.78 is 27.0. The van der Waals surface area contributed by atoms with E-state index in [2.05, 4.69) is 4.74 Å². The van der Waals surface area contributed by atoms with Crippen molar-refractivity contribution in [2.75, 3.05) is 12.4 Å². The summed E-state index contributed by atoms with van der Waals surface area (Å²) >= 11 is 0. The predicted molar refractivity (Wildman–Crippen MR) is 54.5 cm³/mol. The van der Waals surface area contributed by atoms with E-state index in [0.29, 0.717) is 6.42 Å². The number of carbonyl (C=O) groups excluding carboxylic acids is 1. The molecule has 0 aliphatic heterocycles. The summed E-state index contributed by atoms with van der Waals surface area (Å²) in [7, 11) is -3.24. The molecule has 0 bridgehead atoms. The predicted octanol–water partition coefficient (Wildman–Crippen LogP) is 1.28. The Labute approximate surface area is 84.9 Å². The van der Waals surface area contributed by atoms with Gasteiger partial charge < -0.3 is 4.74 Å². The van der Waals surface area contributed by atoms with E-state index in [1.54, 1.807) is 6.92 Å². The van der Waals surface area contributed by atoms with Crippen LogP contribution in [-0.4, -0.2) is 26.7 Å². The monoisotopic (exact) mass is 220 g/mol. The fourth-order valence-corrected chi connectivity index (χ4v) is 1.91. The third-order valence-corrected chi connectivity index (χ3v) is 2.89. The van der Waals surface area contributed by atoms with Gasteiger partial charge in [-0.1, -0.05) is 13.3 Å². The molecule has 4 nitrogen and oxygen atoms in total. The summed E-state index contributed by atoms with van der Waals surface area (Å²) in [6.07, 6.45) is 2.37. The molecule has 0 spiro atoms. The number of sulfone groups is 1. The molecular formula is C9H16O4S. The highest BCUT2D eigenvalue weighted by Crippen LogP contribution is 1.98. The molecule has 0 atom stereocenters. The van der Waals surface area contributed by atoms with Crippen LogP contribution >= 0.6 is 0 Å². The van der Waals surface area contributed by atoms with Gasteiger partial charge in [0.1, 0.15) is 0 Å². The van der Waals surface area contributed by atoms with Gasteiger partial charge in [0.05, 0.1) is 12.4 Å². The second-order valence-corrected chi connectivity index (χ2v) is 4.78. The first-order valence-electron chi connectivity index (χ1n) is 4.59. The molecular weight excluding hydrogens is 204 g/mol. The van der Waals surface area contributed by atoms with Gasteiger partial charge in [-0.25, -0.2) is 13.2 Å². The maximum atomic E-state index is 11.2. The van der Waals surface area contributed by atoms with Crippen molar-refractivity contribution in [2.24, 2.45) is 0 Å². The summed E-state index contributed by atoms with van der Waals surface area (Å²) in [5.41, 5.74) is 0. The third kappa shape index (κ3) is 6.65. The van der Waals surface area contributed by atoms with Gasteiger partial charge in [-0.05, 0) is 13.3 Å². The Hall–Kier alpha value is -0.840. The first kappa shape index (κ1) is 13.2. The smallest absolute Gasteiger partial charge is 0.331 e. The van der Waals surface area contributed by atoms with Crippen molar-refractivity contribution in [3.05, 3.63) is 11.5 Å². The Morgan fingerprint density at radius 2 is 2.00 bits per heavy atom. The highest BCUT2D eigenvalue weighted by Gasteiger charge is 2.05. The van der Waals surface area contributed by atoms with Gasteiger partial charge in [-0.2, -0.15) is 0 Å². The van der Waals surface area contributed by atoms with Crippen LogP contribution in [0.4, 0.5) is 0 Å². The van der Waals surface area contributed by atoms with Crippen molar-refractivity contribution in [1.29, 1.82) is 0 Å². The number of esters is 1. The van der Waals surface area contributed by atoms with E-state index >= 15 is 0 Å². The van der Waals surface area contributed by atoms with Crippen LogP contribution in [0.15, 0.2) is 11.5 Å². The Bertz CT molecular complexity index is 290. The quantitative estimate of drug-likeness (QED) is 0.499. The minimum Gasteiger partial charge on any atom is -0.463 e. The normalized spacial score (nSPS) is 11.9. The first-order valence-corrected chi connectivity index (χ1v) is 6.31. The lowest BCUT2D eigenvalue weighted by molar-refractivity contribution is -0.137. The zero-order chi connectivity index (χ0) is 11.0. The molecule has 0 aromatic carbocycles. The highest BCUT2D eigenvalue weighted by atomic mass is 32.2. The molecule has 0 rings (SSSR count). The molecule has 14 heavy (non-hydrogen) atoms. The molecule has 0 aromatic rings. The lowest BCUT2D eigenvalue weighted by atomic mass is 10.4. The molecule has 0 saturated heterocycles. The number of ether oxygens (including phenoxy) is 1. The second-order valence-electron chi connectivity index (χ2n) is 2.78. The minimum absolute atomic E-state index is 0.0827. The molecule has 0 N–H and O–H groups in total. The molecule has 0 saturated carbocycles. The molecule has 0 aliphatic rings. The van der Waals surface area contributed by atoms with Crippen LogP contribution in [-0.2, 0) is 19.4 Å². The molecule has 0 amide bonds. The van der Waals surface area contributed by atoms with Crippen LogP contribution < -0.4 is 0 Å². The maximum Gasteiger partial charge on any atom is 0.331 e. The molecule has 0 fully saturated rings. The van der Waals surface area contributed by atoms with E-state index < -0.39 is 15.8 Å². The highest BCUT2D eigenvalue weighted by molar-refractivity contribution is 7.94. The SMILES string of the molecule is CCCCS(=O)(=O)/C=C\C(=O)OCC. The first-order chi connectivity index (χ1) is 6.52. The summed E-state index contributed by atoms with van der Waals surface area (Å²) in [6, 6.07) is 0. The van der Waals surface area contributed by atoms with Gasteiger partial charge in [0.15, 0.2) is 9.84 Å². The molecule has 82 valence electrons. The van der Waals surface area contributed by atoms with E-state index in [1.165, 1.54) is 0 Å². The van der Waals surface area contributed by atoms with Gasteiger partial charge in [0.25, 0.3) is 0 Å². The number of rotatable bonds is 6. The topological polar surface area (TPSA) is 60.4 Å². The zero-order valence-electron chi connectivity index (χ0n) is 8.52.